The number of carboxylic acid groups (broad SMARTS) is 8. The zero-order chi connectivity index (χ0) is 34.8. The van der Waals surface area contributed by atoms with Gasteiger partial charge in [-0.1, -0.05) is 0 Å². The van der Waals surface area contributed by atoms with Crippen LogP contribution in [0.2, 0.25) is 0 Å². The van der Waals surface area contributed by atoms with E-state index in [0.29, 0.717) is 0 Å². The molecule has 0 heterocycles. The summed E-state index contributed by atoms with van der Waals surface area (Å²) in [6.45, 7) is -5.10. The molecule has 0 saturated heterocycles. The Hall–Kier alpha value is 0.986. The second kappa shape index (κ2) is 88.7. The second-order valence-corrected chi connectivity index (χ2v) is 8.53. The molecule has 0 aliphatic rings. The van der Waals surface area contributed by atoms with Crippen molar-refractivity contribution in [3.05, 3.63) is 0 Å². The zero-order valence-corrected chi connectivity index (χ0v) is 45.6. The van der Waals surface area contributed by atoms with Crippen LogP contribution < -0.4 is 144 Å². The molecular weight excluding hydrogens is 1190 g/mol. The van der Waals surface area contributed by atoms with E-state index in [2.05, 4.69) is 0 Å². The van der Waals surface area contributed by atoms with Gasteiger partial charge in [0.15, 0.2) is 0 Å². The van der Waals surface area contributed by atoms with Gasteiger partial charge in [-0.05, 0) is 12.8 Å². The minimum Gasteiger partial charge on any atom is -0.549 e. The molecule has 0 saturated carbocycles. The van der Waals surface area contributed by atoms with E-state index in [1.54, 1.807) is 0 Å². The average molecular weight is 1250 g/mol. The van der Waals surface area contributed by atoms with Crippen LogP contribution >= 0.6 is 0 Å². The molecule has 0 unspecified atom stereocenters. The molecule has 0 bridgehead atoms. The van der Waals surface area contributed by atoms with Crippen LogP contribution in [0.25, 0.3) is 0 Å². The molecule has 0 atom stereocenters. The Morgan fingerprint density at radius 3 is 0.419 bits per heavy atom. The average Bonchev–Trinajstić information content (AvgIpc) is 2.82. The Kier molecular flexibility index (Phi) is 196. The summed E-state index contributed by atoms with van der Waals surface area (Å²) in [5.74, 6) is -11.8. The molecule has 30 N–H and O–H groups in total. The van der Waals surface area contributed by atoms with Crippen molar-refractivity contribution in [2.45, 2.75) is 12.8 Å². The van der Waals surface area contributed by atoms with Crippen LogP contribution in [0.5, 0.6) is 0 Å². The molecule has 0 spiro atoms. The summed E-state index contributed by atoms with van der Waals surface area (Å²) in [4.78, 5) is 87.5. The molecule has 2 radical (unpaired) electrons. The number of hydrogen-bond acceptors (Lipinski definition) is 22. The van der Waals surface area contributed by atoms with Gasteiger partial charge in [-0.2, -0.15) is 0 Å². The van der Waals surface area contributed by atoms with Crippen LogP contribution in [0.15, 0.2) is 0 Å². The molecule has 0 aromatic heterocycles. The first-order valence-electron chi connectivity index (χ1n) is 12.1. The second-order valence-electron chi connectivity index (χ2n) is 8.53. The van der Waals surface area contributed by atoms with Crippen molar-refractivity contribution >= 4 is 47.8 Å². The molecule has 0 amide bonds. The summed E-state index contributed by atoms with van der Waals surface area (Å²) in [6.07, 6.45) is 0.280. The molecule has 62 heavy (non-hydrogen) atoms. The third kappa shape index (κ3) is 108. The van der Waals surface area contributed by atoms with Crippen LogP contribution in [0.3, 0.4) is 0 Å². The monoisotopic (exact) mass is 1250 g/mol. The number of carboxylic acids is 8. The number of aliphatic carboxylic acids is 8. The first-order valence-corrected chi connectivity index (χ1v) is 12.1. The third-order valence-corrected chi connectivity index (χ3v) is 4.72. The van der Waals surface area contributed by atoms with Gasteiger partial charge >= 0.3 is 186 Å². The number of carbonyl (C=O) groups excluding carboxylic acids is 8. The van der Waals surface area contributed by atoms with Gasteiger partial charge in [-0.25, -0.2) is 0 Å². The topological polar surface area (TPSA) is 815 Å². The van der Waals surface area contributed by atoms with E-state index in [0.717, 1.165) is 19.6 Å². The summed E-state index contributed by atoms with van der Waals surface area (Å²) < 4.78 is 0. The fourth-order valence-corrected chi connectivity index (χ4v) is 3.35. The van der Waals surface area contributed by atoms with Gasteiger partial charge in [0.05, 0.1) is 47.8 Å². The van der Waals surface area contributed by atoms with Crippen LogP contribution in [-0.2, 0) is 38.4 Å². The van der Waals surface area contributed by atoms with Crippen LogP contribution in [-0.4, -0.2) is 233 Å². The number of rotatable bonds is 24. The van der Waals surface area contributed by atoms with E-state index in [9.17, 15) is 79.2 Å². The van der Waals surface area contributed by atoms with E-state index in [-0.39, 0.29) is 302 Å². The molecule has 36 nitrogen and oxygen atoms in total. The zero-order valence-electron chi connectivity index (χ0n) is 33.1. The van der Waals surface area contributed by atoms with Crippen molar-refractivity contribution in [1.82, 2.24) is 19.6 Å². The van der Waals surface area contributed by atoms with E-state index in [1.165, 1.54) is 0 Å². The molecule has 0 aromatic rings. The SMILES string of the molecule is O.O.O.O.O.O.O.O.O.O.O.O.O.O.O=C([O-])CN(CCCN(CC(=O)[O-])CC(=O)[O-])CC(=O)[O-].O=C([O-])CN(CCCN(CC(=O)[O-])CC(=O)[O-])CC(=O)[O-].OO.[Ce+3].[Ce+3].[K+].[K+]. The summed E-state index contributed by atoms with van der Waals surface area (Å²) in [5, 5.41) is 95.4. The van der Waals surface area contributed by atoms with Crippen molar-refractivity contribution in [2.24, 2.45) is 0 Å². The smallest absolute Gasteiger partial charge is 0.549 e. The molecule has 0 fully saturated rings. The van der Waals surface area contributed by atoms with Crippen molar-refractivity contribution in [3.8, 4) is 0 Å². The number of hydrogen-bond donors (Lipinski definition) is 2. The first-order chi connectivity index (χ1) is 20.4. The minimum absolute atomic E-state index is 0. The summed E-state index contributed by atoms with van der Waals surface area (Å²) >= 11 is 0. The van der Waals surface area contributed by atoms with Crippen molar-refractivity contribution in [2.75, 3.05) is 78.5 Å². The maximum Gasteiger partial charge on any atom is 3.00 e. The third-order valence-electron chi connectivity index (χ3n) is 4.72. The van der Waals surface area contributed by atoms with Gasteiger partial charge in [-0.15, -0.1) is 0 Å². The normalized spacial score (nSPS) is 7.39. The first kappa shape index (κ1) is 137. The van der Waals surface area contributed by atoms with E-state index < -0.39 is 100 Å². The van der Waals surface area contributed by atoms with Gasteiger partial charge < -0.3 is 156 Å². The minimum atomic E-state index is -1.47. The van der Waals surface area contributed by atoms with Gasteiger partial charge in [0.2, 0.25) is 0 Å². The predicted octanol–water partition coefficient (Wildman–Crippen LogP) is -31.6. The molecule has 0 aromatic carbocycles. The summed E-state index contributed by atoms with van der Waals surface area (Å²) in [7, 11) is 0. The molecule has 0 rings (SSSR count). The van der Waals surface area contributed by atoms with Crippen molar-refractivity contribution in [1.29, 1.82) is 0 Å². The van der Waals surface area contributed by atoms with Crippen molar-refractivity contribution in [3.63, 3.8) is 0 Å². The van der Waals surface area contributed by atoms with Gasteiger partial charge in [0, 0.05) is 78.5 Å². The van der Waals surface area contributed by atoms with Crippen LogP contribution in [0, 0.1) is 83.5 Å². The largest absolute Gasteiger partial charge is 3.00 e. The Balaban J connectivity index is -0.0000000214. The predicted molar refractivity (Wildman–Crippen MR) is 171 cm³/mol. The summed E-state index contributed by atoms with van der Waals surface area (Å²) in [6, 6.07) is 0. The standard InChI is InChI=1S/2C11H18N2O8.2Ce.2K.H2O2.14H2O/c2*14-8(15)4-12(5-9(16)17)2-1-3-13(6-10(18)19)7-11(20)21;;;;;1-2;;;;;;;;;;;;;;/h2*1-7H2,(H,14,15)(H,16,17)(H,18,19)(H,20,21);;;;;1-2H;14*1H2/q;;2*+3;2*+1;;;;;;;;;;;;;;;/p-8. The number of nitrogens with zero attached hydrogens (tertiary/aromatic N) is 4. The van der Waals surface area contributed by atoms with Gasteiger partial charge in [0.25, 0.3) is 0 Å². The number of carbonyl (C=O) groups is 8. The molecule has 0 aliphatic heterocycles. The maximum absolute atomic E-state index is 10.4. The van der Waals surface area contributed by atoms with E-state index in [4.69, 9.17) is 10.5 Å². The van der Waals surface area contributed by atoms with Crippen LogP contribution in [0.4, 0.5) is 0 Å². The Bertz CT molecular complexity index is 776. The fraction of sp³-hybridized carbons (Fsp3) is 0.636. The Morgan fingerprint density at radius 1 is 0.274 bits per heavy atom. The fourth-order valence-electron chi connectivity index (χ4n) is 3.35. The Labute approximate surface area is 503 Å². The van der Waals surface area contributed by atoms with E-state index >= 15 is 0 Å². The Morgan fingerprint density at radius 2 is 0.355 bits per heavy atom. The molecule has 0 aliphatic carbocycles. The van der Waals surface area contributed by atoms with Crippen molar-refractivity contribution < 1.29 is 353 Å². The quantitative estimate of drug-likeness (QED) is 0.0515. The summed E-state index contributed by atoms with van der Waals surface area (Å²) in [5.41, 5.74) is 0. The molecular formula is C22H58Ce2K2N4O32. The molecule has 40 heteroatoms. The van der Waals surface area contributed by atoms with Gasteiger partial charge in [-0.3, -0.25) is 30.1 Å². The van der Waals surface area contributed by atoms with Gasteiger partial charge in [0.1, 0.15) is 0 Å². The van der Waals surface area contributed by atoms with Crippen LogP contribution in [0.1, 0.15) is 12.8 Å². The van der Waals surface area contributed by atoms with E-state index in [1.807, 2.05) is 0 Å². The maximum atomic E-state index is 10.4. The molecule has 368 valence electrons.